The number of alkyl halides is 5. The summed E-state index contributed by atoms with van der Waals surface area (Å²) in [5.74, 6) is -5.03. The molecule has 0 aliphatic heterocycles. The third-order valence-corrected chi connectivity index (χ3v) is 3.04. The zero-order valence-corrected chi connectivity index (χ0v) is 10.3. The Balaban J connectivity index is 3.27. The van der Waals surface area contributed by atoms with Crippen LogP contribution in [0.3, 0.4) is 0 Å². The predicted octanol–water partition coefficient (Wildman–Crippen LogP) is 4.15. The van der Waals surface area contributed by atoms with E-state index in [1.165, 1.54) is 6.07 Å². The van der Waals surface area contributed by atoms with E-state index in [4.69, 9.17) is 17.3 Å². The lowest BCUT2D eigenvalue weighted by Crippen LogP contribution is -2.46. The maximum atomic E-state index is 13.1. The van der Waals surface area contributed by atoms with E-state index in [9.17, 15) is 22.0 Å². The highest BCUT2D eigenvalue weighted by Crippen LogP contribution is 2.44. The molecule has 0 aliphatic carbocycles. The van der Waals surface area contributed by atoms with Crippen LogP contribution >= 0.6 is 11.6 Å². The Bertz CT molecular complexity index is 455. The van der Waals surface area contributed by atoms with Crippen molar-refractivity contribution in [2.45, 2.75) is 32.0 Å². The number of hydrogen-bond donors (Lipinski definition) is 1. The van der Waals surface area contributed by atoms with Crippen molar-refractivity contribution < 1.29 is 22.0 Å². The first-order valence-electron chi connectivity index (χ1n) is 4.95. The van der Waals surface area contributed by atoms with Crippen LogP contribution in [-0.2, 0) is 0 Å². The molecule has 0 bridgehead atoms. The number of aryl methyl sites for hydroxylation is 2. The Morgan fingerprint density at radius 2 is 1.50 bits per heavy atom. The number of rotatable bonds is 2. The van der Waals surface area contributed by atoms with E-state index >= 15 is 0 Å². The van der Waals surface area contributed by atoms with Crippen molar-refractivity contribution in [1.29, 1.82) is 0 Å². The van der Waals surface area contributed by atoms with E-state index in [1.807, 2.05) is 0 Å². The van der Waals surface area contributed by atoms with E-state index in [1.54, 1.807) is 13.8 Å². The second-order valence-electron chi connectivity index (χ2n) is 4.06. The van der Waals surface area contributed by atoms with Crippen LogP contribution < -0.4 is 5.73 Å². The second kappa shape index (κ2) is 4.66. The molecule has 0 saturated heterocycles. The van der Waals surface area contributed by atoms with Gasteiger partial charge in [-0.15, -0.1) is 0 Å². The van der Waals surface area contributed by atoms with Gasteiger partial charge < -0.3 is 5.73 Å². The summed E-state index contributed by atoms with van der Waals surface area (Å²) < 4.78 is 62.9. The van der Waals surface area contributed by atoms with Gasteiger partial charge in [0, 0.05) is 5.02 Å². The maximum Gasteiger partial charge on any atom is 0.455 e. The third kappa shape index (κ3) is 2.59. The first-order chi connectivity index (χ1) is 7.98. The van der Waals surface area contributed by atoms with Gasteiger partial charge in [0.15, 0.2) is 0 Å². The fraction of sp³-hybridized carbons (Fsp3) is 0.455. The summed E-state index contributed by atoms with van der Waals surface area (Å²) in [5, 5.41) is -0.200. The molecule has 0 aliphatic rings. The number of benzene rings is 1. The Hall–Kier alpha value is -0.880. The van der Waals surface area contributed by atoms with E-state index in [2.05, 4.69) is 0 Å². The number of nitrogens with two attached hydrogens (primary N) is 1. The van der Waals surface area contributed by atoms with Gasteiger partial charge in [0.25, 0.3) is 0 Å². The van der Waals surface area contributed by atoms with Gasteiger partial charge in [-0.25, -0.2) is 0 Å². The van der Waals surface area contributed by atoms with Crippen LogP contribution in [0.2, 0.25) is 5.02 Å². The van der Waals surface area contributed by atoms with Crippen molar-refractivity contribution in [3.63, 3.8) is 0 Å². The van der Waals surface area contributed by atoms with Crippen LogP contribution in [0.1, 0.15) is 22.7 Å². The van der Waals surface area contributed by atoms with E-state index in [0.29, 0.717) is 11.1 Å². The molecule has 1 atom stereocenters. The van der Waals surface area contributed by atoms with Gasteiger partial charge >= 0.3 is 12.1 Å². The maximum absolute atomic E-state index is 13.1. The summed E-state index contributed by atoms with van der Waals surface area (Å²) >= 11 is 5.67. The van der Waals surface area contributed by atoms with Gasteiger partial charge in [0.1, 0.15) is 6.04 Å². The molecule has 1 unspecified atom stereocenters. The predicted molar refractivity (Wildman–Crippen MR) is 58.9 cm³/mol. The van der Waals surface area contributed by atoms with E-state index in [-0.39, 0.29) is 5.02 Å². The molecular formula is C11H11ClF5N. The van der Waals surface area contributed by atoms with Crippen LogP contribution in [0.4, 0.5) is 22.0 Å². The highest BCUT2D eigenvalue weighted by molar-refractivity contribution is 6.31. The van der Waals surface area contributed by atoms with Crippen molar-refractivity contribution in [3.8, 4) is 0 Å². The number of halogens is 6. The molecule has 1 nitrogen and oxygen atoms in total. The van der Waals surface area contributed by atoms with Gasteiger partial charge in [-0.05, 0) is 36.6 Å². The molecule has 1 rings (SSSR count). The molecule has 102 valence electrons. The fourth-order valence-electron chi connectivity index (χ4n) is 1.41. The molecule has 0 saturated carbocycles. The van der Waals surface area contributed by atoms with Gasteiger partial charge in [0.2, 0.25) is 0 Å². The van der Waals surface area contributed by atoms with Crippen molar-refractivity contribution >= 4 is 11.6 Å². The lowest BCUT2D eigenvalue weighted by atomic mass is 9.97. The standard InChI is InChI=1S/C11H11ClF5N/c1-5-3-7(8(12)4-6(5)2)9(18)10(13,14)11(15,16)17/h3-4,9H,18H2,1-2H3. The monoisotopic (exact) mass is 287 g/mol. The summed E-state index contributed by atoms with van der Waals surface area (Å²) in [5.41, 5.74) is 5.84. The number of hydrogen-bond acceptors (Lipinski definition) is 1. The first kappa shape index (κ1) is 15.2. The topological polar surface area (TPSA) is 26.0 Å². The molecule has 2 N–H and O–H groups in total. The fourth-order valence-corrected chi connectivity index (χ4v) is 1.75. The molecular weight excluding hydrogens is 277 g/mol. The SMILES string of the molecule is Cc1cc(Cl)c(C(N)C(F)(F)C(F)(F)F)cc1C. The lowest BCUT2D eigenvalue weighted by molar-refractivity contribution is -0.290. The highest BCUT2D eigenvalue weighted by Gasteiger charge is 2.62. The minimum Gasteiger partial charge on any atom is -0.319 e. The average Bonchev–Trinajstić information content (AvgIpc) is 2.20. The Labute approximate surface area is 106 Å². The van der Waals surface area contributed by atoms with Crippen LogP contribution in [0.5, 0.6) is 0 Å². The van der Waals surface area contributed by atoms with Crippen molar-refractivity contribution in [1.82, 2.24) is 0 Å². The third-order valence-electron chi connectivity index (χ3n) is 2.72. The first-order valence-corrected chi connectivity index (χ1v) is 5.33. The molecule has 0 spiro atoms. The minimum atomic E-state index is -5.71. The van der Waals surface area contributed by atoms with Crippen molar-refractivity contribution in [3.05, 3.63) is 33.8 Å². The molecule has 0 aromatic heterocycles. The van der Waals surface area contributed by atoms with Gasteiger partial charge in [-0.3, -0.25) is 0 Å². The molecule has 18 heavy (non-hydrogen) atoms. The van der Waals surface area contributed by atoms with Crippen LogP contribution in [0.25, 0.3) is 0 Å². The van der Waals surface area contributed by atoms with E-state index < -0.39 is 23.7 Å². The van der Waals surface area contributed by atoms with Crippen molar-refractivity contribution in [2.24, 2.45) is 5.73 Å². The van der Waals surface area contributed by atoms with Gasteiger partial charge in [0.05, 0.1) is 0 Å². The van der Waals surface area contributed by atoms with Crippen LogP contribution in [-0.4, -0.2) is 12.1 Å². The summed E-state index contributed by atoms with van der Waals surface area (Å²) in [6.07, 6.45) is -5.71. The molecule has 0 radical (unpaired) electrons. The zero-order chi connectivity index (χ0) is 14.3. The molecule has 1 aromatic carbocycles. The smallest absolute Gasteiger partial charge is 0.319 e. The van der Waals surface area contributed by atoms with Crippen LogP contribution in [0, 0.1) is 13.8 Å². The normalized spacial score (nSPS) is 14.7. The zero-order valence-electron chi connectivity index (χ0n) is 9.58. The molecule has 7 heteroatoms. The van der Waals surface area contributed by atoms with Crippen LogP contribution in [0.15, 0.2) is 12.1 Å². The Kier molecular flexibility index (Phi) is 3.93. The van der Waals surface area contributed by atoms with Gasteiger partial charge in [-0.1, -0.05) is 17.7 Å². The average molecular weight is 288 g/mol. The molecule has 0 amide bonds. The van der Waals surface area contributed by atoms with E-state index in [0.717, 1.165) is 6.07 Å². The Morgan fingerprint density at radius 1 is 1.06 bits per heavy atom. The summed E-state index contributed by atoms with van der Waals surface area (Å²) in [6.45, 7) is 3.24. The van der Waals surface area contributed by atoms with Crippen molar-refractivity contribution in [2.75, 3.05) is 0 Å². The summed E-state index contributed by atoms with van der Waals surface area (Å²) in [6, 6.07) is -0.0511. The highest BCUT2D eigenvalue weighted by atomic mass is 35.5. The Morgan fingerprint density at radius 3 is 1.94 bits per heavy atom. The molecule has 0 heterocycles. The second-order valence-corrected chi connectivity index (χ2v) is 4.46. The summed E-state index contributed by atoms with van der Waals surface area (Å²) in [7, 11) is 0. The quantitative estimate of drug-likeness (QED) is 0.812. The lowest BCUT2D eigenvalue weighted by Gasteiger charge is -2.27. The molecule has 1 aromatic rings. The van der Waals surface area contributed by atoms with Gasteiger partial charge in [-0.2, -0.15) is 22.0 Å². The summed E-state index contributed by atoms with van der Waals surface area (Å²) in [4.78, 5) is 0. The minimum absolute atomic E-state index is 0.200. The molecule has 0 fully saturated rings. The largest absolute Gasteiger partial charge is 0.455 e.